The van der Waals surface area contributed by atoms with Crippen LogP contribution in [-0.2, 0) is 11.2 Å². The van der Waals surface area contributed by atoms with Crippen LogP contribution in [0.3, 0.4) is 0 Å². The molecule has 13 heavy (non-hydrogen) atoms. The second-order valence-corrected chi connectivity index (χ2v) is 4.43. The SMILES string of the molecule is O=C(O)Cc1ccc(Br)c(Cl)c1Br. The van der Waals surface area contributed by atoms with Crippen LogP contribution in [0.5, 0.6) is 0 Å². The molecule has 1 rings (SSSR count). The maximum Gasteiger partial charge on any atom is 0.307 e. The van der Waals surface area contributed by atoms with Gasteiger partial charge in [0.1, 0.15) is 0 Å². The van der Waals surface area contributed by atoms with Crippen LogP contribution in [0.2, 0.25) is 5.02 Å². The number of carboxylic acids is 1. The van der Waals surface area contributed by atoms with Crippen molar-refractivity contribution in [1.29, 1.82) is 0 Å². The lowest BCUT2D eigenvalue weighted by Crippen LogP contribution is -2.00. The zero-order chi connectivity index (χ0) is 10.0. The Balaban J connectivity index is 3.10. The van der Waals surface area contributed by atoms with Gasteiger partial charge in [-0.2, -0.15) is 0 Å². The molecular weight excluding hydrogens is 323 g/mol. The van der Waals surface area contributed by atoms with Crippen molar-refractivity contribution in [2.75, 3.05) is 0 Å². The quantitative estimate of drug-likeness (QED) is 0.844. The van der Waals surface area contributed by atoms with E-state index in [4.69, 9.17) is 16.7 Å². The number of carboxylic acid groups (broad SMARTS) is 1. The van der Waals surface area contributed by atoms with Crippen LogP contribution in [0.25, 0.3) is 0 Å². The van der Waals surface area contributed by atoms with E-state index < -0.39 is 5.97 Å². The highest BCUT2D eigenvalue weighted by Gasteiger charge is 2.10. The molecular formula is C8H5Br2ClO2. The summed E-state index contributed by atoms with van der Waals surface area (Å²) in [7, 11) is 0. The molecule has 1 N–H and O–H groups in total. The minimum absolute atomic E-state index is 0.0341. The molecule has 5 heteroatoms. The Bertz CT molecular complexity index is 352. The van der Waals surface area contributed by atoms with Crippen LogP contribution in [0.4, 0.5) is 0 Å². The van der Waals surface area contributed by atoms with Gasteiger partial charge in [0.15, 0.2) is 0 Å². The third-order valence-electron chi connectivity index (χ3n) is 1.46. The molecule has 0 fully saturated rings. The Morgan fingerprint density at radius 3 is 2.62 bits per heavy atom. The average molecular weight is 328 g/mol. The fourth-order valence-corrected chi connectivity index (χ4v) is 2.13. The van der Waals surface area contributed by atoms with E-state index in [2.05, 4.69) is 31.9 Å². The lowest BCUT2D eigenvalue weighted by atomic mass is 10.1. The van der Waals surface area contributed by atoms with E-state index >= 15 is 0 Å². The molecule has 0 spiro atoms. The second kappa shape index (κ2) is 4.44. The number of hydrogen-bond acceptors (Lipinski definition) is 1. The van der Waals surface area contributed by atoms with Gasteiger partial charge < -0.3 is 5.11 Å². The molecule has 0 aliphatic heterocycles. The van der Waals surface area contributed by atoms with Crippen LogP contribution in [-0.4, -0.2) is 11.1 Å². The molecule has 0 heterocycles. The van der Waals surface area contributed by atoms with E-state index in [-0.39, 0.29) is 6.42 Å². The number of carbonyl (C=O) groups is 1. The van der Waals surface area contributed by atoms with Crippen LogP contribution in [0, 0.1) is 0 Å². The predicted octanol–water partition coefficient (Wildman–Crippen LogP) is 3.49. The van der Waals surface area contributed by atoms with Crippen molar-refractivity contribution in [2.24, 2.45) is 0 Å². The third kappa shape index (κ3) is 2.69. The molecule has 0 amide bonds. The number of halogens is 3. The minimum atomic E-state index is -0.876. The molecule has 1 aromatic carbocycles. The first-order chi connectivity index (χ1) is 6.02. The van der Waals surface area contributed by atoms with Crippen molar-refractivity contribution in [3.8, 4) is 0 Å². The largest absolute Gasteiger partial charge is 0.481 e. The van der Waals surface area contributed by atoms with Crippen LogP contribution in [0.1, 0.15) is 5.56 Å². The highest BCUT2D eigenvalue weighted by molar-refractivity contribution is 9.11. The van der Waals surface area contributed by atoms with Crippen LogP contribution < -0.4 is 0 Å². The average Bonchev–Trinajstić information content (AvgIpc) is 2.06. The molecule has 2 nitrogen and oxygen atoms in total. The molecule has 0 aliphatic carbocycles. The molecule has 0 saturated heterocycles. The summed E-state index contributed by atoms with van der Waals surface area (Å²) in [5.41, 5.74) is 0.667. The maximum absolute atomic E-state index is 10.4. The molecule has 0 unspecified atom stereocenters. The standard InChI is InChI=1S/C8H5Br2ClO2/c9-5-2-1-4(3-6(12)13)7(10)8(5)11/h1-2H,3H2,(H,12,13). The lowest BCUT2D eigenvalue weighted by Gasteiger charge is -2.04. The van der Waals surface area contributed by atoms with E-state index in [1.807, 2.05) is 0 Å². The Morgan fingerprint density at radius 1 is 1.46 bits per heavy atom. The molecule has 0 radical (unpaired) electrons. The summed E-state index contributed by atoms with van der Waals surface area (Å²) in [5.74, 6) is -0.876. The molecule has 0 aromatic heterocycles. The normalized spacial score (nSPS) is 10.1. The van der Waals surface area contributed by atoms with Crippen molar-refractivity contribution < 1.29 is 9.90 Å². The second-order valence-electron chi connectivity index (χ2n) is 2.40. The Morgan fingerprint density at radius 2 is 2.08 bits per heavy atom. The summed E-state index contributed by atoms with van der Waals surface area (Å²) in [6, 6.07) is 3.44. The van der Waals surface area contributed by atoms with Crippen molar-refractivity contribution in [1.82, 2.24) is 0 Å². The molecule has 0 aliphatic rings. The van der Waals surface area contributed by atoms with Gasteiger partial charge in [0.25, 0.3) is 0 Å². The van der Waals surface area contributed by atoms with Gasteiger partial charge in [-0.25, -0.2) is 0 Å². The predicted molar refractivity (Wildman–Crippen MR) is 58.2 cm³/mol. The fraction of sp³-hybridized carbons (Fsp3) is 0.125. The maximum atomic E-state index is 10.4. The molecule has 0 saturated carbocycles. The topological polar surface area (TPSA) is 37.3 Å². The van der Waals surface area contributed by atoms with E-state index in [1.165, 1.54) is 0 Å². The van der Waals surface area contributed by atoms with Crippen molar-refractivity contribution in [2.45, 2.75) is 6.42 Å². The summed E-state index contributed by atoms with van der Waals surface area (Å²) < 4.78 is 1.38. The first-order valence-corrected chi connectivity index (χ1v) is 5.33. The van der Waals surface area contributed by atoms with Gasteiger partial charge in [0.2, 0.25) is 0 Å². The Hall–Kier alpha value is -0.0600. The summed E-state index contributed by atoms with van der Waals surface area (Å²) in [6.07, 6.45) is -0.0341. The third-order valence-corrected chi connectivity index (χ3v) is 3.87. The molecule has 1 aromatic rings. The summed E-state index contributed by atoms with van der Waals surface area (Å²) in [5, 5.41) is 9.07. The van der Waals surface area contributed by atoms with Gasteiger partial charge >= 0.3 is 5.97 Å². The smallest absolute Gasteiger partial charge is 0.307 e. The first kappa shape index (κ1) is 11.0. The highest BCUT2D eigenvalue weighted by atomic mass is 79.9. The molecule has 0 bridgehead atoms. The van der Waals surface area contributed by atoms with Gasteiger partial charge in [-0.05, 0) is 43.5 Å². The molecule has 0 atom stereocenters. The number of hydrogen-bond donors (Lipinski definition) is 1. The zero-order valence-corrected chi connectivity index (χ0v) is 10.3. The number of rotatable bonds is 2. The Labute approximate surface area is 97.2 Å². The van der Waals surface area contributed by atoms with Gasteiger partial charge in [0, 0.05) is 8.95 Å². The summed E-state index contributed by atoms with van der Waals surface area (Å²) >= 11 is 12.4. The lowest BCUT2D eigenvalue weighted by molar-refractivity contribution is -0.136. The van der Waals surface area contributed by atoms with E-state index in [9.17, 15) is 4.79 Å². The van der Waals surface area contributed by atoms with Crippen LogP contribution >= 0.6 is 43.5 Å². The monoisotopic (exact) mass is 326 g/mol. The van der Waals surface area contributed by atoms with E-state index in [1.54, 1.807) is 12.1 Å². The fourth-order valence-electron chi connectivity index (χ4n) is 0.865. The molecule has 70 valence electrons. The minimum Gasteiger partial charge on any atom is -0.481 e. The van der Waals surface area contributed by atoms with Gasteiger partial charge in [-0.1, -0.05) is 17.7 Å². The van der Waals surface area contributed by atoms with E-state index in [0.29, 0.717) is 15.1 Å². The van der Waals surface area contributed by atoms with E-state index in [0.717, 1.165) is 4.47 Å². The van der Waals surface area contributed by atoms with Crippen molar-refractivity contribution >= 4 is 49.4 Å². The Kier molecular flexibility index (Phi) is 3.76. The summed E-state index contributed by atoms with van der Waals surface area (Å²) in [4.78, 5) is 10.4. The zero-order valence-electron chi connectivity index (χ0n) is 6.35. The first-order valence-electron chi connectivity index (χ1n) is 3.36. The number of benzene rings is 1. The van der Waals surface area contributed by atoms with Gasteiger partial charge in [-0.3, -0.25) is 4.79 Å². The number of aliphatic carboxylic acids is 1. The van der Waals surface area contributed by atoms with Gasteiger partial charge in [-0.15, -0.1) is 0 Å². The summed E-state index contributed by atoms with van der Waals surface area (Å²) in [6.45, 7) is 0. The highest BCUT2D eigenvalue weighted by Crippen LogP contribution is 2.33. The van der Waals surface area contributed by atoms with Crippen molar-refractivity contribution in [3.63, 3.8) is 0 Å². The van der Waals surface area contributed by atoms with Crippen LogP contribution in [0.15, 0.2) is 21.1 Å². The van der Waals surface area contributed by atoms with Gasteiger partial charge in [0.05, 0.1) is 11.4 Å². The van der Waals surface area contributed by atoms with Crippen molar-refractivity contribution in [3.05, 3.63) is 31.7 Å².